The van der Waals surface area contributed by atoms with Crippen molar-refractivity contribution in [3.63, 3.8) is 0 Å². The van der Waals surface area contributed by atoms with Crippen molar-refractivity contribution in [3.05, 3.63) is 152 Å². The van der Waals surface area contributed by atoms with E-state index in [4.69, 9.17) is 32.2 Å². The number of amides is 3. The summed E-state index contributed by atoms with van der Waals surface area (Å²) in [5.41, 5.74) is 3.18. The summed E-state index contributed by atoms with van der Waals surface area (Å²) < 4.78 is 72.7. The SMILES string of the molecule is COC(Cn1c(SCC(=O)Nc2ccc(-c3ccc(-c4nnc(SCC(=O)Nc5ccccc5)n4CC4OCCO4)o3)cc2)nnc1-c1ccc(-c2ccc(NC(=O)CSc3nnc(-c4ccco4)n3S(=O)(=O)c3ccccc3)cc2)o1)OC. The van der Waals surface area contributed by atoms with Crippen LogP contribution < -0.4 is 16.0 Å². The third-order valence-electron chi connectivity index (χ3n) is 12.5. The minimum absolute atomic E-state index is 0.0167. The van der Waals surface area contributed by atoms with Crippen LogP contribution in [-0.2, 0) is 56.4 Å². The molecule has 0 radical (unpaired) electrons. The Balaban J connectivity index is 0.703. The van der Waals surface area contributed by atoms with E-state index >= 15 is 0 Å². The van der Waals surface area contributed by atoms with Crippen molar-refractivity contribution in [2.24, 2.45) is 0 Å². The van der Waals surface area contributed by atoms with E-state index in [0.29, 0.717) is 80.8 Å². The highest BCUT2D eigenvalue weighted by Crippen LogP contribution is 2.35. The first-order valence-corrected chi connectivity index (χ1v) is 30.1. The normalized spacial score (nSPS) is 12.8. The highest BCUT2D eigenvalue weighted by atomic mass is 32.2. The average molecular weight is 1210 g/mol. The van der Waals surface area contributed by atoms with Gasteiger partial charge >= 0.3 is 0 Å². The maximum atomic E-state index is 13.8. The molecule has 24 nitrogen and oxygen atoms in total. The van der Waals surface area contributed by atoms with E-state index in [1.807, 2.05) is 53.1 Å². The summed E-state index contributed by atoms with van der Waals surface area (Å²) in [5, 5.41) is 35.4. The minimum Gasteiger partial charge on any atom is -0.461 e. The molecular weight excluding hydrogens is 1160 g/mol. The molecule has 7 heterocycles. The predicted octanol–water partition coefficient (Wildman–Crippen LogP) is 9.00. The van der Waals surface area contributed by atoms with Gasteiger partial charge in [0.15, 0.2) is 40.2 Å². The Kier molecular flexibility index (Phi) is 17.9. The fraction of sp³-hybridized carbons (Fsp3) is 0.196. The van der Waals surface area contributed by atoms with E-state index in [0.717, 1.165) is 21.3 Å². The largest absolute Gasteiger partial charge is 0.461 e. The summed E-state index contributed by atoms with van der Waals surface area (Å²) in [6.45, 7) is 1.38. The average Bonchev–Trinajstić information content (AvgIpc) is 4.54. The minimum atomic E-state index is -4.16. The predicted molar refractivity (Wildman–Crippen MR) is 311 cm³/mol. The molecule has 0 atom stereocenters. The number of nitrogens with zero attached hydrogens (tertiary/aromatic N) is 9. The van der Waals surface area contributed by atoms with E-state index < -0.39 is 28.5 Å². The highest BCUT2D eigenvalue weighted by Gasteiger charge is 2.30. The van der Waals surface area contributed by atoms with Gasteiger partial charge in [0.2, 0.25) is 40.4 Å². The standard InChI is InChI=1S/C56H50N12O12S4/c1-74-49(75-2)30-66-51(44-25-23-41(79-44)35-17-21-39(22-18-35)59-48(71)34-83-56-65-62-53(43-14-9-27-76-43)68(56)84(72,73)40-12-7-4-8-13-40)60-63-54(66)81-33-47(70)58-38-19-15-36(16-20-38)42-24-26-45(80-42)52-61-64-55(67(52)31-50-77-28-29-78-50)82-32-46(69)57-37-10-5-3-6-11-37/h3-27,49-50H,28-34H2,1-2H3,(H,57,69)(H,58,70)(H,59,71). The maximum absolute atomic E-state index is 13.8. The molecule has 0 saturated carbocycles. The first kappa shape index (κ1) is 57.2. The second kappa shape index (κ2) is 26.3. The van der Waals surface area contributed by atoms with Crippen molar-refractivity contribution in [2.75, 3.05) is 60.6 Å². The van der Waals surface area contributed by atoms with Crippen LogP contribution in [0.3, 0.4) is 0 Å². The van der Waals surface area contributed by atoms with Crippen LogP contribution in [0, 0.1) is 0 Å². The number of rotatable bonds is 25. The summed E-state index contributed by atoms with van der Waals surface area (Å²) in [6.07, 6.45) is 0.194. The van der Waals surface area contributed by atoms with Crippen molar-refractivity contribution >= 4 is 80.1 Å². The Labute approximate surface area is 492 Å². The molecule has 3 amide bonds. The van der Waals surface area contributed by atoms with Crippen LogP contribution in [0.25, 0.3) is 57.4 Å². The molecule has 3 N–H and O–H groups in total. The van der Waals surface area contributed by atoms with Crippen molar-refractivity contribution in [1.29, 1.82) is 0 Å². The molecule has 28 heteroatoms. The second-order valence-corrected chi connectivity index (χ2v) is 22.7. The number of anilines is 3. The Bertz CT molecular complexity index is 3970. The molecular formula is C56H50N12O12S4. The van der Waals surface area contributed by atoms with Crippen LogP contribution in [0.15, 0.2) is 185 Å². The highest BCUT2D eigenvalue weighted by molar-refractivity contribution is 8.00. The van der Waals surface area contributed by atoms with E-state index in [-0.39, 0.29) is 63.8 Å². The van der Waals surface area contributed by atoms with Crippen molar-refractivity contribution in [1.82, 2.24) is 43.7 Å². The molecule has 84 heavy (non-hydrogen) atoms. The molecule has 1 aliphatic rings. The smallest absolute Gasteiger partial charge is 0.271 e. The van der Waals surface area contributed by atoms with Gasteiger partial charge in [-0.2, -0.15) is 3.97 Å². The van der Waals surface area contributed by atoms with Crippen molar-refractivity contribution in [3.8, 4) is 57.4 Å². The van der Waals surface area contributed by atoms with Gasteiger partial charge in [0.25, 0.3) is 10.0 Å². The molecule has 10 aromatic rings. The molecule has 1 fully saturated rings. The quantitative estimate of drug-likeness (QED) is 0.0355. The van der Waals surface area contributed by atoms with Gasteiger partial charge in [0.05, 0.1) is 54.7 Å². The fourth-order valence-corrected chi connectivity index (χ4v) is 12.4. The van der Waals surface area contributed by atoms with Crippen LogP contribution >= 0.6 is 35.3 Å². The van der Waals surface area contributed by atoms with Crippen molar-refractivity contribution < 1.29 is 55.0 Å². The summed E-state index contributed by atoms with van der Waals surface area (Å²) >= 11 is 3.31. The van der Waals surface area contributed by atoms with Crippen LogP contribution in [0.5, 0.6) is 0 Å². The van der Waals surface area contributed by atoms with Gasteiger partial charge in [0, 0.05) is 42.4 Å². The van der Waals surface area contributed by atoms with Gasteiger partial charge < -0.3 is 48.1 Å². The van der Waals surface area contributed by atoms with Crippen LogP contribution in [0.4, 0.5) is 17.1 Å². The first-order chi connectivity index (χ1) is 41.0. The summed E-state index contributed by atoms with van der Waals surface area (Å²) in [6, 6.07) is 41.5. The number of methoxy groups -OCH3 is 2. The van der Waals surface area contributed by atoms with Crippen LogP contribution in [0.1, 0.15) is 0 Å². The topological polar surface area (TPSA) is 290 Å². The molecule has 1 saturated heterocycles. The van der Waals surface area contributed by atoms with E-state index in [1.54, 1.807) is 89.5 Å². The third kappa shape index (κ3) is 13.4. The van der Waals surface area contributed by atoms with Gasteiger partial charge in [-0.3, -0.25) is 23.5 Å². The lowest BCUT2D eigenvalue weighted by molar-refractivity contribution is -0.114. The third-order valence-corrected chi connectivity index (χ3v) is 17.2. The summed E-state index contributed by atoms with van der Waals surface area (Å²) in [7, 11) is -1.13. The summed E-state index contributed by atoms with van der Waals surface area (Å²) in [5.74, 6) is 1.85. The molecule has 0 spiro atoms. The Morgan fingerprint density at radius 1 is 0.536 bits per heavy atom. The first-order valence-electron chi connectivity index (χ1n) is 25.7. The van der Waals surface area contributed by atoms with Gasteiger partial charge in [-0.05, 0) is 109 Å². The number of carbonyl (C=O) groups excluding carboxylic acids is 3. The van der Waals surface area contributed by atoms with E-state index in [9.17, 15) is 22.8 Å². The number of carbonyl (C=O) groups is 3. The Morgan fingerprint density at radius 3 is 1.52 bits per heavy atom. The number of hydrogen-bond donors (Lipinski definition) is 3. The van der Waals surface area contributed by atoms with E-state index in [2.05, 4.69) is 46.5 Å². The zero-order valence-corrected chi connectivity index (χ0v) is 47.9. The summed E-state index contributed by atoms with van der Waals surface area (Å²) in [4.78, 5) is 39.5. The van der Waals surface area contributed by atoms with Gasteiger partial charge in [-0.1, -0.05) is 71.7 Å². The molecule has 0 bridgehead atoms. The number of furan rings is 3. The number of nitrogens with one attached hydrogen (secondary N) is 3. The number of thioether (sulfide) groups is 3. The van der Waals surface area contributed by atoms with Crippen LogP contribution in [-0.4, -0.2) is 127 Å². The maximum Gasteiger partial charge on any atom is 0.271 e. The second-order valence-electron chi connectivity index (χ2n) is 18.1. The molecule has 6 aromatic heterocycles. The monoisotopic (exact) mass is 1210 g/mol. The van der Waals surface area contributed by atoms with Gasteiger partial charge in [-0.15, -0.1) is 30.6 Å². The number of hydrogen-bond acceptors (Lipinski definition) is 21. The lowest BCUT2D eigenvalue weighted by Crippen LogP contribution is -2.22. The number of para-hydroxylation sites is 1. The molecule has 0 aliphatic carbocycles. The zero-order valence-electron chi connectivity index (χ0n) is 44.6. The molecule has 1 aliphatic heterocycles. The van der Waals surface area contributed by atoms with Gasteiger partial charge in [0.1, 0.15) is 11.5 Å². The Morgan fingerprint density at radius 2 is 1.00 bits per heavy atom. The number of ether oxygens (including phenoxy) is 4. The van der Waals surface area contributed by atoms with Crippen LogP contribution in [0.2, 0.25) is 0 Å². The lowest BCUT2D eigenvalue weighted by atomic mass is 10.1. The lowest BCUT2D eigenvalue weighted by Gasteiger charge is -2.16. The Hall–Kier alpha value is -8.61. The molecule has 4 aromatic carbocycles. The number of aromatic nitrogens is 9. The van der Waals surface area contributed by atoms with Gasteiger partial charge in [-0.25, -0.2) is 8.42 Å². The molecule has 0 unspecified atom stereocenters. The van der Waals surface area contributed by atoms with E-state index in [1.165, 1.54) is 56.1 Å². The van der Waals surface area contributed by atoms with Crippen molar-refractivity contribution in [2.45, 2.75) is 46.0 Å². The molecule has 430 valence electrons. The molecule has 11 rings (SSSR count). The fourth-order valence-electron chi connectivity index (χ4n) is 8.52. The number of benzene rings is 4. The zero-order chi connectivity index (χ0) is 58.0.